The number of aryl methyl sites for hydroxylation is 1. The van der Waals surface area contributed by atoms with Crippen molar-refractivity contribution in [2.24, 2.45) is 0 Å². The van der Waals surface area contributed by atoms with Crippen LogP contribution in [-0.4, -0.2) is 35.9 Å². The van der Waals surface area contributed by atoms with E-state index in [4.69, 9.17) is 14.6 Å². The van der Waals surface area contributed by atoms with Crippen LogP contribution in [0, 0.1) is 6.92 Å². The second kappa shape index (κ2) is 7.75. The van der Waals surface area contributed by atoms with E-state index >= 15 is 0 Å². The van der Waals surface area contributed by atoms with Crippen molar-refractivity contribution in [3.8, 4) is 5.75 Å². The average molecular weight is 307 g/mol. The number of aromatic nitrogens is 1. The first-order valence-electron chi connectivity index (χ1n) is 6.60. The normalized spacial score (nSPS) is 10.5. The van der Waals surface area contributed by atoms with E-state index in [1.54, 1.807) is 29.5 Å². The number of ether oxygens (including phenoxy) is 2. The molecule has 0 amide bonds. The van der Waals surface area contributed by atoms with E-state index in [9.17, 15) is 4.79 Å². The molecule has 0 saturated carbocycles. The minimum atomic E-state index is -0.993. The van der Waals surface area contributed by atoms with Crippen molar-refractivity contribution in [2.75, 3.05) is 19.8 Å². The lowest BCUT2D eigenvalue weighted by atomic mass is 10.2. The highest BCUT2D eigenvalue weighted by Gasteiger charge is 2.09. The quantitative estimate of drug-likeness (QED) is 0.759. The molecule has 0 unspecified atom stereocenters. The fourth-order valence-electron chi connectivity index (χ4n) is 1.81. The molecule has 0 fully saturated rings. The Morgan fingerprint density at radius 1 is 1.29 bits per heavy atom. The maximum absolute atomic E-state index is 11.0. The summed E-state index contributed by atoms with van der Waals surface area (Å²) in [4.78, 5) is 16.4. The summed E-state index contributed by atoms with van der Waals surface area (Å²) in [6.45, 7) is 3.34. The first kappa shape index (κ1) is 15.5. The van der Waals surface area contributed by atoms with Crippen LogP contribution < -0.4 is 4.74 Å². The third-order valence-corrected chi connectivity index (χ3v) is 3.92. The largest absolute Gasteiger partial charge is 0.490 e. The summed E-state index contributed by atoms with van der Waals surface area (Å²) >= 11 is 1.63. The van der Waals surface area contributed by atoms with Gasteiger partial charge in [0.2, 0.25) is 0 Å². The third-order valence-electron chi connectivity index (χ3n) is 2.92. The standard InChI is InChI=1S/C15H17NO4S/c1-11-14(21-10-16-11)6-7-19-8-9-20-13-5-3-2-4-12(13)15(17)18/h2-5,10H,6-9H2,1H3,(H,17,18). The van der Waals surface area contributed by atoms with Crippen LogP contribution in [0.3, 0.4) is 0 Å². The van der Waals surface area contributed by atoms with E-state index in [-0.39, 0.29) is 5.56 Å². The van der Waals surface area contributed by atoms with E-state index in [2.05, 4.69) is 4.98 Å². The van der Waals surface area contributed by atoms with Crippen molar-refractivity contribution in [3.05, 3.63) is 45.9 Å². The molecule has 1 N–H and O–H groups in total. The predicted molar refractivity (Wildman–Crippen MR) is 80.3 cm³/mol. The minimum Gasteiger partial charge on any atom is -0.490 e. The smallest absolute Gasteiger partial charge is 0.339 e. The fourth-order valence-corrected chi connectivity index (χ4v) is 2.58. The Kier molecular flexibility index (Phi) is 5.71. The van der Waals surface area contributed by atoms with Gasteiger partial charge in [-0.1, -0.05) is 12.1 Å². The predicted octanol–water partition coefficient (Wildman–Crippen LogP) is 2.79. The Balaban J connectivity index is 1.68. The lowest BCUT2D eigenvalue weighted by Crippen LogP contribution is -2.10. The Morgan fingerprint density at radius 2 is 2.10 bits per heavy atom. The van der Waals surface area contributed by atoms with Gasteiger partial charge in [0.1, 0.15) is 17.9 Å². The highest BCUT2D eigenvalue weighted by Crippen LogP contribution is 2.17. The molecule has 2 rings (SSSR count). The number of benzene rings is 1. The molecule has 5 nitrogen and oxygen atoms in total. The number of rotatable bonds is 8. The highest BCUT2D eigenvalue weighted by molar-refractivity contribution is 7.09. The van der Waals surface area contributed by atoms with E-state index in [1.807, 2.05) is 12.4 Å². The van der Waals surface area contributed by atoms with Gasteiger partial charge in [-0.15, -0.1) is 11.3 Å². The average Bonchev–Trinajstić information content (AvgIpc) is 2.88. The maximum atomic E-state index is 11.0. The zero-order valence-corrected chi connectivity index (χ0v) is 12.6. The highest BCUT2D eigenvalue weighted by atomic mass is 32.1. The monoisotopic (exact) mass is 307 g/mol. The van der Waals surface area contributed by atoms with Crippen LogP contribution in [0.2, 0.25) is 0 Å². The Labute approximate surface area is 127 Å². The van der Waals surface area contributed by atoms with Gasteiger partial charge in [-0.05, 0) is 19.1 Å². The van der Waals surface area contributed by atoms with Crippen LogP contribution >= 0.6 is 11.3 Å². The van der Waals surface area contributed by atoms with Gasteiger partial charge in [-0.3, -0.25) is 0 Å². The fraction of sp³-hybridized carbons (Fsp3) is 0.333. The summed E-state index contributed by atoms with van der Waals surface area (Å²) in [5.74, 6) is -0.626. The van der Waals surface area contributed by atoms with Gasteiger partial charge in [0.25, 0.3) is 0 Å². The molecule has 0 aliphatic carbocycles. The molecular weight excluding hydrogens is 290 g/mol. The van der Waals surface area contributed by atoms with Gasteiger partial charge in [0.05, 0.1) is 24.4 Å². The van der Waals surface area contributed by atoms with E-state index < -0.39 is 5.97 Å². The molecule has 0 radical (unpaired) electrons. The second-order valence-electron chi connectivity index (χ2n) is 4.37. The number of carbonyl (C=O) groups is 1. The molecule has 0 spiro atoms. The van der Waals surface area contributed by atoms with Crippen molar-refractivity contribution >= 4 is 17.3 Å². The number of aromatic carboxylic acids is 1. The van der Waals surface area contributed by atoms with E-state index in [1.165, 1.54) is 10.9 Å². The first-order chi connectivity index (χ1) is 10.2. The van der Waals surface area contributed by atoms with Crippen LogP contribution in [0.1, 0.15) is 20.9 Å². The molecule has 1 aromatic heterocycles. The molecule has 0 aliphatic heterocycles. The molecule has 21 heavy (non-hydrogen) atoms. The molecule has 0 atom stereocenters. The number of carboxylic acid groups (broad SMARTS) is 1. The number of nitrogens with zero attached hydrogens (tertiary/aromatic N) is 1. The second-order valence-corrected chi connectivity index (χ2v) is 5.31. The van der Waals surface area contributed by atoms with Gasteiger partial charge in [-0.2, -0.15) is 0 Å². The Bertz CT molecular complexity index is 597. The molecule has 0 saturated heterocycles. The lowest BCUT2D eigenvalue weighted by molar-refractivity contribution is 0.0686. The van der Waals surface area contributed by atoms with Gasteiger partial charge in [-0.25, -0.2) is 9.78 Å². The van der Waals surface area contributed by atoms with Gasteiger partial charge in [0.15, 0.2) is 0 Å². The van der Waals surface area contributed by atoms with Crippen LogP contribution in [0.25, 0.3) is 0 Å². The number of carboxylic acids is 1. The summed E-state index contributed by atoms with van der Waals surface area (Å²) in [6, 6.07) is 6.58. The Morgan fingerprint density at radius 3 is 2.81 bits per heavy atom. The maximum Gasteiger partial charge on any atom is 0.339 e. The van der Waals surface area contributed by atoms with Crippen molar-refractivity contribution in [1.29, 1.82) is 0 Å². The molecule has 0 bridgehead atoms. The molecule has 2 aromatic rings. The SMILES string of the molecule is Cc1ncsc1CCOCCOc1ccccc1C(=O)O. The number of hydrogen-bond donors (Lipinski definition) is 1. The van der Waals surface area contributed by atoms with Gasteiger partial charge < -0.3 is 14.6 Å². The summed E-state index contributed by atoms with van der Waals surface area (Å²) in [7, 11) is 0. The van der Waals surface area contributed by atoms with E-state index in [0.717, 1.165) is 12.1 Å². The number of thiazole rings is 1. The topological polar surface area (TPSA) is 68.7 Å². The Hall–Kier alpha value is -1.92. The van der Waals surface area contributed by atoms with Crippen LogP contribution in [-0.2, 0) is 11.2 Å². The van der Waals surface area contributed by atoms with Gasteiger partial charge >= 0.3 is 5.97 Å². The van der Waals surface area contributed by atoms with Crippen molar-refractivity contribution in [2.45, 2.75) is 13.3 Å². The molecule has 112 valence electrons. The van der Waals surface area contributed by atoms with Crippen LogP contribution in [0.4, 0.5) is 0 Å². The van der Waals surface area contributed by atoms with Crippen molar-refractivity contribution in [1.82, 2.24) is 4.98 Å². The van der Waals surface area contributed by atoms with Crippen LogP contribution in [0.5, 0.6) is 5.75 Å². The summed E-state index contributed by atoms with van der Waals surface area (Å²) in [6.07, 6.45) is 0.836. The molecule has 1 aromatic carbocycles. The number of para-hydroxylation sites is 1. The lowest BCUT2D eigenvalue weighted by Gasteiger charge is -2.09. The van der Waals surface area contributed by atoms with E-state index in [0.29, 0.717) is 25.6 Å². The molecule has 0 aliphatic rings. The summed E-state index contributed by atoms with van der Waals surface area (Å²) < 4.78 is 10.9. The van der Waals surface area contributed by atoms with Crippen LogP contribution in [0.15, 0.2) is 29.8 Å². The van der Waals surface area contributed by atoms with Crippen molar-refractivity contribution in [3.63, 3.8) is 0 Å². The molecule has 6 heteroatoms. The summed E-state index contributed by atoms with van der Waals surface area (Å²) in [5, 5.41) is 9.02. The zero-order chi connectivity index (χ0) is 15.1. The number of hydrogen-bond acceptors (Lipinski definition) is 5. The van der Waals surface area contributed by atoms with Gasteiger partial charge in [0, 0.05) is 11.3 Å². The third kappa shape index (κ3) is 4.54. The zero-order valence-electron chi connectivity index (χ0n) is 11.7. The molecule has 1 heterocycles. The van der Waals surface area contributed by atoms with Crippen molar-refractivity contribution < 1.29 is 19.4 Å². The molecular formula is C15H17NO4S. The first-order valence-corrected chi connectivity index (χ1v) is 7.48. The summed E-state index contributed by atoms with van der Waals surface area (Å²) in [5.41, 5.74) is 3.05. The minimum absolute atomic E-state index is 0.165.